The number of nitrogens with two attached hydrogens (primary N) is 1. The Balaban J connectivity index is 3.80. The lowest BCUT2D eigenvalue weighted by molar-refractivity contribution is 0.421. The van der Waals surface area contributed by atoms with Crippen molar-refractivity contribution in [1.82, 2.24) is 5.01 Å². The minimum atomic E-state index is -0.00755. The van der Waals surface area contributed by atoms with Crippen LogP contribution in [0.4, 0.5) is 0 Å². The molecule has 0 saturated heterocycles. The molecule has 0 spiro atoms. The maximum Gasteiger partial charge on any atom is 0.123 e. The molecule has 0 aromatic rings. The van der Waals surface area contributed by atoms with E-state index in [1.807, 2.05) is 0 Å². The highest BCUT2D eigenvalue weighted by Crippen LogP contribution is 1.88. The van der Waals surface area contributed by atoms with Crippen molar-refractivity contribution in [2.45, 2.75) is 0 Å². The Morgan fingerprint density at radius 3 is 2.56 bits per heavy atom. The van der Waals surface area contributed by atoms with Crippen LogP contribution in [0, 0.1) is 22.7 Å². The van der Waals surface area contributed by atoms with E-state index in [-0.39, 0.29) is 12.2 Å². The van der Waals surface area contributed by atoms with Crippen molar-refractivity contribution in [3.8, 4) is 12.1 Å². The summed E-state index contributed by atoms with van der Waals surface area (Å²) in [6.45, 7) is 3.27. The summed E-state index contributed by atoms with van der Waals surface area (Å²) >= 11 is 0. The van der Waals surface area contributed by atoms with Gasteiger partial charge in [0.2, 0.25) is 0 Å². The first-order valence-electron chi connectivity index (χ1n) is 2.20. The normalized spacial score (nSPS) is 7.00. The third-order valence-electron chi connectivity index (χ3n) is 0.717. The number of rotatable bonds is 2. The topological polar surface area (TPSA) is 76.8 Å². The molecule has 2 N–H and O–H groups in total. The molecule has 0 bridgehead atoms. The van der Waals surface area contributed by atoms with Gasteiger partial charge < -0.3 is 0 Å². The summed E-state index contributed by atoms with van der Waals surface area (Å²) in [5.74, 6) is 5.13. The average Bonchev–Trinajstić information content (AvgIpc) is 1.87. The molecule has 0 unspecified atom stereocenters. The Morgan fingerprint density at radius 1 is 1.67 bits per heavy atom. The van der Waals surface area contributed by atoms with E-state index in [9.17, 15) is 0 Å². The fraction of sp³-hybridized carbons (Fsp3) is 0.200. The molecule has 0 aliphatic rings. The van der Waals surface area contributed by atoms with Gasteiger partial charge in [-0.15, -0.1) is 0 Å². The maximum atomic E-state index is 8.15. The molecule has 0 radical (unpaired) electrons. The second-order valence-electron chi connectivity index (χ2n) is 1.34. The molecule has 4 heteroatoms. The van der Waals surface area contributed by atoms with Crippen LogP contribution in [0.5, 0.6) is 0 Å². The van der Waals surface area contributed by atoms with E-state index in [0.29, 0.717) is 0 Å². The van der Waals surface area contributed by atoms with E-state index >= 15 is 0 Å². The Labute approximate surface area is 53.4 Å². The minimum Gasteiger partial charge on any atom is -0.288 e. The first-order chi connectivity index (χ1) is 4.22. The van der Waals surface area contributed by atoms with Gasteiger partial charge in [0.25, 0.3) is 0 Å². The summed E-state index contributed by atoms with van der Waals surface area (Å²) in [6, 6.07) is 3.48. The van der Waals surface area contributed by atoms with Crippen LogP contribution in [0.15, 0.2) is 12.3 Å². The predicted molar refractivity (Wildman–Crippen MR) is 31.3 cm³/mol. The molecule has 0 amide bonds. The summed E-state index contributed by atoms with van der Waals surface area (Å²) < 4.78 is 0. The molecule has 0 aromatic carbocycles. The van der Waals surface area contributed by atoms with Gasteiger partial charge in [0.1, 0.15) is 18.3 Å². The van der Waals surface area contributed by atoms with Gasteiger partial charge in [0.15, 0.2) is 0 Å². The second-order valence-corrected chi connectivity index (χ2v) is 1.34. The summed E-state index contributed by atoms with van der Waals surface area (Å²) in [7, 11) is 0. The first kappa shape index (κ1) is 7.48. The molecular formula is C5H6N4. The van der Waals surface area contributed by atoms with Crippen LogP contribution >= 0.6 is 0 Å². The summed E-state index contributed by atoms with van der Waals surface area (Å²) in [5, 5.41) is 17.2. The zero-order valence-corrected chi connectivity index (χ0v) is 4.83. The quantitative estimate of drug-likeness (QED) is 0.236. The Kier molecular flexibility index (Phi) is 2.89. The molecule has 0 fully saturated rings. The van der Waals surface area contributed by atoms with Crippen LogP contribution < -0.4 is 5.84 Å². The van der Waals surface area contributed by atoms with Crippen molar-refractivity contribution in [1.29, 1.82) is 10.5 Å². The van der Waals surface area contributed by atoms with Crippen molar-refractivity contribution >= 4 is 0 Å². The number of nitrogens with zero attached hydrogens (tertiary/aromatic N) is 3. The highest BCUT2D eigenvalue weighted by Gasteiger charge is 1.97. The van der Waals surface area contributed by atoms with Crippen molar-refractivity contribution < 1.29 is 0 Å². The fourth-order valence-corrected chi connectivity index (χ4v) is 0.236. The number of hydrogen-bond donors (Lipinski definition) is 1. The molecule has 0 saturated carbocycles. The standard InChI is InChI=1S/C5H6N4/c1-5(4-7)9(8)3-2-6/h1,3,8H2. The van der Waals surface area contributed by atoms with E-state index < -0.39 is 0 Å². The van der Waals surface area contributed by atoms with Crippen LogP contribution in [-0.2, 0) is 0 Å². The molecule has 0 atom stereocenters. The maximum absolute atomic E-state index is 8.15. The first-order valence-corrected chi connectivity index (χ1v) is 2.20. The van der Waals surface area contributed by atoms with E-state index in [0.717, 1.165) is 5.01 Å². The average molecular weight is 122 g/mol. The lowest BCUT2D eigenvalue weighted by Gasteiger charge is -2.09. The van der Waals surface area contributed by atoms with Gasteiger partial charge in [-0.3, -0.25) is 5.01 Å². The Hall–Kier alpha value is -1.52. The van der Waals surface area contributed by atoms with Gasteiger partial charge >= 0.3 is 0 Å². The van der Waals surface area contributed by atoms with Crippen molar-refractivity contribution in [2.75, 3.05) is 6.54 Å². The molecular weight excluding hydrogens is 116 g/mol. The smallest absolute Gasteiger partial charge is 0.123 e. The molecule has 0 aliphatic heterocycles. The monoisotopic (exact) mass is 122 g/mol. The third kappa shape index (κ3) is 2.32. The predicted octanol–water partition coefficient (Wildman–Crippen LogP) is -0.277. The van der Waals surface area contributed by atoms with E-state index in [1.165, 1.54) is 0 Å². The highest BCUT2D eigenvalue weighted by molar-refractivity contribution is 5.14. The summed E-state index contributed by atoms with van der Waals surface area (Å²) in [6.07, 6.45) is 0. The van der Waals surface area contributed by atoms with Crippen LogP contribution in [-0.4, -0.2) is 11.6 Å². The Bertz CT molecular complexity index is 182. The van der Waals surface area contributed by atoms with Gasteiger partial charge in [0, 0.05) is 0 Å². The largest absolute Gasteiger partial charge is 0.288 e. The van der Waals surface area contributed by atoms with Gasteiger partial charge in [-0.05, 0) is 0 Å². The van der Waals surface area contributed by atoms with E-state index in [1.54, 1.807) is 12.1 Å². The number of hydrogen-bond acceptors (Lipinski definition) is 4. The molecule has 9 heavy (non-hydrogen) atoms. The Morgan fingerprint density at radius 2 is 2.22 bits per heavy atom. The SMILES string of the molecule is C=C(C#N)N(N)CC#N. The molecule has 0 aliphatic carbocycles. The highest BCUT2D eigenvalue weighted by atomic mass is 15.4. The van der Waals surface area contributed by atoms with Crippen LogP contribution in [0.2, 0.25) is 0 Å². The zero-order valence-electron chi connectivity index (χ0n) is 4.83. The summed E-state index contributed by atoms with van der Waals surface area (Å²) in [4.78, 5) is 0. The molecule has 0 heterocycles. The molecule has 0 aromatic heterocycles. The van der Waals surface area contributed by atoms with E-state index in [4.69, 9.17) is 16.4 Å². The second kappa shape index (κ2) is 3.48. The van der Waals surface area contributed by atoms with Crippen molar-refractivity contribution in [3.05, 3.63) is 12.3 Å². The van der Waals surface area contributed by atoms with Gasteiger partial charge in [-0.25, -0.2) is 5.84 Å². The van der Waals surface area contributed by atoms with Crippen LogP contribution in [0.3, 0.4) is 0 Å². The molecule has 4 nitrogen and oxygen atoms in total. The number of nitriles is 2. The zero-order chi connectivity index (χ0) is 7.28. The van der Waals surface area contributed by atoms with Crippen LogP contribution in [0.1, 0.15) is 0 Å². The number of allylic oxidation sites excluding steroid dienone is 1. The third-order valence-corrected chi connectivity index (χ3v) is 0.717. The minimum absolute atomic E-state index is 0.00755. The lowest BCUT2D eigenvalue weighted by atomic mass is 10.5. The molecule has 0 rings (SSSR count). The van der Waals surface area contributed by atoms with Gasteiger partial charge in [-0.2, -0.15) is 10.5 Å². The molecule has 46 valence electrons. The van der Waals surface area contributed by atoms with Gasteiger partial charge in [-0.1, -0.05) is 6.58 Å². The van der Waals surface area contributed by atoms with Crippen LogP contribution in [0.25, 0.3) is 0 Å². The van der Waals surface area contributed by atoms with E-state index in [2.05, 4.69) is 6.58 Å². The van der Waals surface area contributed by atoms with Crippen molar-refractivity contribution in [3.63, 3.8) is 0 Å². The number of hydrazine groups is 1. The fourth-order valence-electron chi connectivity index (χ4n) is 0.236. The summed E-state index contributed by atoms with van der Waals surface area (Å²) in [5.41, 5.74) is 0.0940. The van der Waals surface area contributed by atoms with Crippen molar-refractivity contribution in [2.24, 2.45) is 5.84 Å². The van der Waals surface area contributed by atoms with Gasteiger partial charge in [0.05, 0.1) is 6.07 Å². The lowest BCUT2D eigenvalue weighted by Crippen LogP contribution is -2.29.